The van der Waals surface area contributed by atoms with Gasteiger partial charge in [0.2, 0.25) is 11.6 Å². The Bertz CT molecular complexity index is 1380. The van der Waals surface area contributed by atoms with Crippen LogP contribution < -0.4 is 20.6 Å². The molecule has 0 aliphatic rings. The molecule has 0 saturated carbocycles. The maximum absolute atomic E-state index is 14.0. The number of methoxy groups -OCH3 is 1. The van der Waals surface area contributed by atoms with Gasteiger partial charge in [0.05, 0.1) is 24.0 Å². The Hall–Kier alpha value is -4.52. The lowest BCUT2D eigenvalue weighted by Crippen LogP contribution is -2.22. The first-order valence-electron chi connectivity index (χ1n) is 9.97. The zero-order valence-electron chi connectivity index (χ0n) is 18.4. The van der Waals surface area contributed by atoms with Gasteiger partial charge >= 0.3 is 0 Å². The highest BCUT2D eigenvalue weighted by Crippen LogP contribution is 2.29. The highest BCUT2D eigenvalue weighted by atomic mass is 35.5. The van der Waals surface area contributed by atoms with Crippen molar-refractivity contribution in [3.8, 4) is 17.3 Å². The lowest BCUT2D eigenvalue weighted by atomic mass is 10.2. The molecule has 0 unspecified atom stereocenters. The number of nitrogens with two attached hydrogens (primary N) is 1. The molecule has 35 heavy (non-hydrogen) atoms. The van der Waals surface area contributed by atoms with Crippen molar-refractivity contribution in [2.24, 2.45) is 5.10 Å². The third-order valence-electron chi connectivity index (χ3n) is 4.75. The van der Waals surface area contributed by atoms with Gasteiger partial charge < -0.3 is 15.2 Å². The molecule has 180 valence electrons. The number of anilines is 1. The van der Waals surface area contributed by atoms with Gasteiger partial charge in [-0.1, -0.05) is 22.9 Å². The van der Waals surface area contributed by atoms with Crippen molar-refractivity contribution in [3.63, 3.8) is 0 Å². The van der Waals surface area contributed by atoms with E-state index in [-0.39, 0.29) is 34.5 Å². The highest BCUT2D eigenvalue weighted by Gasteiger charge is 2.22. The SMILES string of the molecule is COc1cc(/C=N\NC(=O)c2c(C)nnn2-c2nonc2N)ccc1OCc1c(F)cccc1Cl. The number of nitrogens with one attached hydrogen (secondary N) is 1. The molecule has 0 aliphatic carbocycles. The second kappa shape index (κ2) is 10.2. The van der Waals surface area contributed by atoms with E-state index in [2.05, 4.69) is 35.8 Å². The number of carbonyl (C=O) groups excluding carboxylic acids is 1. The van der Waals surface area contributed by atoms with Gasteiger partial charge in [-0.25, -0.2) is 14.4 Å². The quantitative estimate of drug-likeness (QED) is 0.274. The number of halogens is 2. The number of hydrogen-bond acceptors (Lipinski definition) is 10. The van der Waals surface area contributed by atoms with Crippen LogP contribution in [0.15, 0.2) is 46.1 Å². The van der Waals surface area contributed by atoms with Crippen LogP contribution >= 0.6 is 11.6 Å². The van der Waals surface area contributed by atoms with Crippen LogP contribution in [-0.4, -0.2) is 44.5 Å². The number of rotatable bonds is 8. The molecule has 0 aliphatic heterocycles. The van der Waals surface area contributed by atoms with E-state index in [1.54, 1.807) is 31.2 Å². The van der Waals surface area contributed by atoms with Gasteiger partial charge in [0.1, 0.15) is 12.4 Å². The summed E-state index contributed by atoms with van der Waals surface area (Å²) in [6, 6.07) is 9.33. The van der Waals surface area contributed by atoms with Crippen molar-refractivity contribution in [3.05, 3.63) is 69.8 Å². The molecule has 0 saturated heterocycles. The van der Waals surface area contributed by atoms with Crippen LogP contribution in [-0.2, 0) is 6.61 Å². The fourth-order valence-corrected chi connectivity index (χ4v) is 3.24. The Labute approximate surface area is 202 Å². The summed E-state index contributed by atoms with van der Waals surface area (Å²) in [6.07, 6.45) is 1.40. The van der Waals surface area contributed by atoms with Gasteiger partial charge in [-0.15, -0.1) is 5.10 Å². The van der Waals surface area contributed by atoms with E-state index in [1.165, 1.54) is 25.5 Å². The van der Waals surface area contributed by atoms with E-state index in [4.69, 9.17) is 26.8 Å². The molecule has 4 aromatic rings. The summed E-state index contributed by atoms with van der Waals surface area (Å²) >= 11 is 6.04. The second-order valence-corrected chi connectivity index (χ2v) is 7.41. The molecule has 2 aromatic heterocycles. The van der Waals surface area contributed by atoms with E-state index >= 15 is 0 Å². The van der Waals surface area contributed by atoms with Crippen LogP contribution in [0.1, 0.15) is 27.3 Å². The number of nitrogens with zero attached hydrogens (tertiary/aromatic N) is 6. The van der Waals surface area contributed by atoms with Gasteiger partial charge in [0.15, 0.2) is 17.2 Å². The number of aromatic nitrogens is 5. The Morgan fingerprint density at radius 1 is 1.31 bits per heavy atom. The fourth-order valence-electron chi connectivity index (χ4n) is 3.03. The van der Waals surface area contributed by atoms with Crippen molar-refractivity contribution in [2.45, 2.75) is 13.5 Å². The van der Waals surface area contributed by atoms with Crippen LogP contribution in [0.3, 0.4) is 0 Å². The maximum Gasteiger partial charge on any atom is 0.292 e. The Morgan fingerprint density at radius 3 is 2.86 bits per heavy atom. The fraction of sp³-hybridized carbons (Fsp3) is 0.143. The van der Waals surface area contributed by atoms with Crippen LogP contribution in [0.25, 0.3) is 5.82 Å². The lowest BCUT2D eigenvalue weighted by molar-refractivity contribution is 0.0946. The van der Waals surface area contributed by atoms with Gasteiger partial charge in [0.25, 0.3) is 5.91 Å². The molecular formula is C21H18ClFN8O4. The molecule has 0 bridgehead atoms. The zero-order valence-corrected chi connectivity index (χ0v) is 19.2. The zero-order chi connectivity index (χ0) is 24.9. The number of carbonyl (C=O) groups is 1. The molecule has 3 N–H and O–H groups in total. The van der Waals surface area contributed by atoms with E-state index in [0.717, 1.165) is 4.68 Å². The number of nitrogen functional groups attached to an aromatic ring is 1. The molecule has 2 aromatic carbocycles. The van der Waals surface area contributed by atoms with Crippen molar-refractivity contribution < 1.29 is 23.3 Å². The number of aryl methyl sites for hydroxylation is 1. The second-order valence-electron chi connectivity index (χ2n) is 7.01. The van der Waals surface area contributed by atoms with E-state index in [9.17, 15) is 9.18 Å². The highest BCUT2D eigenvalue weighted by molar-refractivity contribution is 6.31. The lowest BCUT2D eigenvalue weighted by Gasteiger charge is -2.12. The summed E-state index contributed by atoms with van der Waals surface area (Å²) in [5, 5.41) is 19.0. The van der Waals surface area contributed by atoms with Crippen molar-refractivity contribution in [1.29, 1.82) is 0 Å². The maximum atomic E-state index is 14.0. The molecule has 0 spiro atoms. The van der Waals surface area contributed by atoms with Gasteiger partial charge in [-0.2, -0.15) is 9.78 Å². The summed E-state index contributed by atoms with van der Waals surface area (Å²) in [5.41, 5.74) is 9.25. The van der Waals surface area contributed by atoms with E-state index in [1.807, 2.05) is 0 Å². The molecule has 0 atom stereocenters. The van der Waals surface area contributed by atoms with Crippen LogP contribution in [0.5, 0.6) is 11.5 Å². The number of amides is 1. The molecule has 0 fully saturated rings. The minimum absolute atomic E-state index is 0.0247. The number of hydrogen-bond donors (Lipinski definition) is 2. The molecular weight excluding hydrogens is 483 g/mol. The van der Waals surface area contributed by atoms with Crippen LogP contribution in [0, 0.1) is 12.7 Å². The summed E-state index contributed by atoms with van der Waals surface area (Å²) in [5.74, 6) is -0.363. The molecule has 2 heterocycles. The van der Waals surface area contributed by atoms with Gasteiger partial charge in [-0.05, 0) is 53.1 Å². The summed E-state index contributed by atoms with van der Waals surface area (Å²) in [6.45, 7) is 1.50. The Kier molecular flexibility index (Phi) is 6.87. The molecule has 0 radical (unpaired) electrons. The van der Waals surface area contributed by atoms with E-state index < -0.39 is 11.7 Å². The molecule has 4 rings (SSSR count). The smallest absolute Gasteiger partial charge is 0.292 e. The predicted molar refractivity (Wildman–Crippen MR) is 122 cm³/mol. The van der Waals surface area contributed by atoms with Gasteiger partial charge in [0, 0.05) is 5.56 Å². The monoisotopic (exact) mass is 500 g/mol. The van der Waals surface area contributed by atoms with Crippen molar-refractivity contribution in [1.82, 2.24) is 30.7 Å². The van der Waals surface area contributed by atoms with E-state index in [0.29, 0.717) is 22.8 Å². The third kappa shape index (κ3) is 5.04. The normalized spacial score (nSPS) is 11.1. The van der Waals surface area contributed by atoms with Crippen molar-refractivity contribution >= 4 is 29.5 Å². The average molecular weight is 501 g/mol. The predicted octanol–water partition coefficient (Wildman–Crippen LogP) is 2.68. The van der Waals surface area contributed by atoms with Crippen LogP contribution in [0.4, 0.5) is 10.2 Å². The summed E-state index contributed by atoms with van der Waals surface area (Å²) in [7, 11) is 1.46. The van der Waals surface area contributed by atoms with Crippen molar-refractivity contribution in [2.75, 3.05) is 12.8 Å². The Balaban J connectivity index is 1.45. The largest absolute Gasteiger partial charge is 0.493 e. The standard InChI is InChI=1S/C21H18ClFN8O4/c1-11-18(31(30-26-11)20-19(24)28-35-29-20)21(32)27-25-9-12-6-7-16(17(8-12)33-2)34-10-13-14(22)4-3-5-15(13)23/h3-9H,10H2,1-2H3,(H2,24,28)(H,27,32)/b25-9-. The number of benzene rings is 2. The minimum Gasteiger partial charge on any atom is -0.493 e. The average Bonchev–Trinajstić information content (AvgIpc) is 3.43. The molecule has 14 heteroatoms. The number of hydrazone groups is 1. The first kappa shape index (κ1) is 23.6. The van der Waals surface area contributed by atoms with Gasteiger partial charge in [-0.3, -0.25) is 4.79 Å². The van der Waals surface area contributed by atoms with Crippen LogP contribution in [0.2, 0.25) is 5.02 Å². The Morgan fingerprint density at radius 2 is 2.14 bits per heavy atom. The third-order valence-corrected chi connectivity index (χ3v) is 5.11. The molecule has 1 amide bonds. The summed E-state index contributed by atoms with van der Waals surface area (Å²) in [4.78, 5) is 12.7. The summed E-state index contributed by atoms with van der Waals surface area (Å²) < 4.78 is 30.7. The number of ether oxygens (including phenoxy) is 2. The first-order valence-corrected chi connectivity index (χ1v) is 10.3. The molecule has 12 nitrogen and oxygen atoms in total. The topological polar surface area (TPSA) is 156 Å². The minimum atomic E-state index is -0.611. The first-order chi connectivity index (χ1) is 16.9.